The number of benzene rings is 1. The van der Waals surface area contributed by atoms with Crippen LogP contribution in [0.25, 0.3) is 0 Å². The molecule has 1 fully saturated rings. The number of ether oxygens (including phenoxy) is 1. The number of alkyl halides is 3. The van der Waals surface area contributed by atoms with Crippen molar-refractivity contribution in [2.24, 2.45) is 11.7 Å². The van der Waals surface area contributed by atoms with Crippen LogP contribution in [0.5, 0.6) is 0 Å². The maximum absolute atomic E-state index is 13.0. The van der Waals surface area contributed by atoms with Crippen LogP contribution in [0.3, 0.4) is 0 Å². The van der Waals surface area contributed by atoms with Gasteiger partial charge in [-0.25, -0.2) is 4.39 Å². The molecule has 0 radical (unpaired) electrons. The van der Waals surface area contributed by atoms with Gasteiger partial charge in [0.25, 0.3) is 0 Å². The van der Waals surface area contributed by atoms with Crippen LogP contribution in [0, 0.1) is 11.7 Å². The average Bonchev–Trinajstić information content (AvgIpc) is 2.38. The van der Waals surface area contributed by atoms with Crippen LogP contribution in [-0.4, -0.2) is 13.2 Å². The predicted molar refractivity (Wildman–Crippen MR) is 61.9 cm³/mol. The molecule has 0 aromatic heterocycles. The van der Waals surface area contributed by atoms with E-state index < -0.39 is 23.6 Å². The average molecular weight is 277 g/mol. The van der Waals surface area contributed by atoms with Crippen LogP contribution in [0.1, 0.15) is 30.0 Å². The normalized spacial score (nSPS) is 19.4. The molecule has 2 N–H and O–H groups in total. The van der Waals surface area contributed by atoms with Crippen molar-refractivity contribution in [1.82, 2.24) is 0 Å². The molecular formula is C13H15F4NO. The Labute approximate surface area is 108 Å². The molecule has 1 saturated heterocycles. The van der Waals surface area contributed by atoms with Crippen LogP contribution in [-0.2, 0) is 10.9 Å². The smallest absolute Gasteiger partial charge is 0.381 e. The summed E-state index contributed by atoms with van der Waals surface area (Å²) in [6.45, 7) is 1.00. The van der Waals surface area contributed by atoms with Crippen molar-refractivity contribution in [3.63, 3.8) is 0 Å². The fourth-order valence-electron chi connectivity index (χ4n) is 2.39. The standard InChI is InChI=1S/C13H15F4NO/c14-9-1-2-10(11(7-9)13(15,16)17)12(18)8-3-5-19-6-4-8/h1-2,7-8,12H,3-6,18H2/t12-/m0/s1. The van der Waals surface area contributed by atoms with Gasteiger partial charge in [0, 0.05) is 19.3 Å². The van der Waals surface area contributed by atoms with Gasteiger partial charge < -0.3 is 10.5 Å². The molecule has 1 aromatic carbocycles. The van der Waals surface area contributed by atoms with Crippen LogP contribution < -0.4 is 5.73 Å². The number of rotatable bonds is 2. The second-order valence-electron chi connectivity index (χ2n) is 4.70. The Kier molecular flexibility index (Phi) is 4.10. The van der Waals surface area contributed by atoms with Gasteiger partial charge in [-0.15, -0.1) is 0 Å². The van der Waals surface area contributed by atoms with Crippen molar-refractivity contribution in [3.05, 3.63) is 35.1 Å². The summed E-state index contributed by atoms with van der Waals surface area (Å²) in [5.74, 6) is -0.976. The molecule has 0 amide bonds. The second-order valence-corrected chi connectivity index (χ2v) is 4.70. The van der Waals surface area contributed by atoms with E-state index in [4.69, 9.17) is 10.5 Å². The van der Waals surface area contributed by atoms with Gasteiger partial charge >= 0.3 is 6.18 Å². The third-order valence-corrected chi connectivity index (χ3v) is 3.45. The lowest BCUT2D eigenvalue weighted by atomic mass is 9.85. The molecule has 1 aromatic rings. The highest BCUT2D eigenvalue weighted by Crippen LogP contribution is 2.38. The van der Waals surface area contributed by atoms with E-state index in [-0.39, 0.29) is 11.5 Å². The van der Waals surface area contributed by atoms with E-state index in [1.807, 2.05) is 0 Å². The van der Waals surface area contributed by atoms with E-state index in [0.717, 1.165) is 12.1 Å². The first-order valence-corrected chi connectivity index (χ1v) is 6.09. The lowest BCUT2D eigenvalue weighted by molar-refractivity contribution is -0.138. The predicted octanol–water partition coefficient (Wildman–Crippen LogP) is 3.27. The summed E-state index contributed by atoms with van der Waals surface area (Å²) in [6, 6.07) is 1.91. The summed E-state index contributed by atoms with van der Waals surface area (Å²) in [7, 11) is 0. The van der Waals surface area contributed by atoms with Crippen molar-refractivity contribution in [2.75, 3.05) is 13.2 Å². The van der Waals surface area contributed by atoms with E-state index in [1.54, 1.807) is 0 Å². The highest BCUT2D eigenvalue weighted by atomic mass is 19.4. The topological polar surface area (TPSA) is 35.2 Å². The number of nitrogens with two attached hydrogens (primary N) is 1. The highest BCUT2D eigenvalue weighted by Gasteiger charge is 2.36. The first-order valence-electron chi connectivity index (χ1n) is 6.09. The first kappa shape index (κ1) is 14.3. The summed E-state index contributed by atoms with van der Waals surface area (Å²) < 4.78 is 56.9. The summed E-state index contributed by atoms with van der Waals surface area (Å²) in [5, 5.41) is 0. The van der Waals surface area contributed by atoms with Crippen LogP contribution >= 0.6 is 0 Å². The van der Waals surface area contributed by atoms with Crippen molar-refractivity contribution in [2.45, 2.75) is 25.1 Å². The molecule has 1 aliphatic rings. The highest BCUT2D eigenvalue weighted by molar-refractivity contribution is 5.33. The van der Waals surface area contributed by atoms with Gasteiger partial charge in [0.05, 0.1) is 5.56 Å². The molecule has 19 heavy (non-hydrogen) atoms. The Hall–Kier alpha value is -1.14. The van der Waals surface area contributed by atoms with E-state index in [9.17, 15) is 17.6 Å². The summed E-state index contributed by atoms with van der Waals surface area (Å²) >= 11 is 0. The molecule has 1 heterocycles. The molecule has 2 nitrogen and oxygen atoms in total. The quantitative estimate of drug-likeness (QED) is 0.842. The lowest BCUT2D eigenvalue weighted by Crippen LogP contribution is -2.29. The number of hydrogen-bond acceptors (Lipinski definition) is 2. The molecule has 0 unspecified atom stereocenters. The Morgan fingerprint density at radius 1 is 1.21 bits per heavy atom. The first-order chi connectivity index (χ1) is 8.89. The van der Waals surface area contributed by atoms with Gasteiger partial charge in [-0.1, -0.05) is 6.07 Å². The molecule has 2 rings (SSSR count). The Bertz CT molecular complexity index is 441. The molecule has 0 aliphatic carbocycles. The maximum Gasteiger partial charge on any atom is 0.416 e. The third kappa shape index (κ3) is 3.25. The van der Waals surface area contributed by atoms with E-state index in [2.05, 4.69) is 0 Å². The maximum atomic E-state index is 13.0. The van der Waals surface area contributed by atoms with Gasteiger partial charge in [-0.2, -0.15) is 13.2 Å². The molecule has 0 saturated carbocycles. The fourth-order valence-corrected chi connectivity index (χ4v) is 2.39. The number of halogens is 4. The lowest BCUT2D eigenvalue weighted by Gasteiger charge is -2.29. The summed E-state index contributed by atoms with van der Waals surface area (Å²) in [5.41, 5.74) is 4.92. The summed E-state index contributed by atoms with van der Waals surface area (Å²) in [6.07, 6.45) is -3.36. The van der Waals surface area contributed by atoms with Crippen LogP contribution in [0.2, 0.25) is 0 Å². The largest absolute Gasteiger partial charge is 0.416 e. The van der Waals surface area contributed by atoms with E-state index in [1.165, 1.54) is 0 Å². The molecule has 6 heteroatoms. The van der Waals surface area contributed by atoms with Crippen molar-refractivity contribution in [1.29, 1.82) is 0 Å². The molecular weight excluding hydrogens is 262 g/mol. The minimum atomic E-state index is -4.60. The minimum absolute atomic E-state index is 0.0409. The van der Waals surface area contributed by atoms with Gasteiger partial charge in [0.1, 0.15) is 5.82 Å². The van der Waals surface area contributed by atoms with E-state index >= 15 is 0 Å². The monoisotopic (exact) mass is 277 g/mol. The number of hydrogen-bond donors (Lipinski definition) is 1. The SMILES string of the molecule is N[C@H](c1ccc(F)cc1C(F)(F)F)C1CCOCC1. The van der Waals surface area contributed by atoms with Gasteiger partial charge in [0.2, 0.25) is 0 Å². The Morgan fingerprint density at radius 2 is 1.84 bits per heavy atom. The van der Waals surface area contributed by atoms with Gasteiger partial charge in [0.15, 0.2) is 0 Å². The van der Waals surface area contributed by atoms with Crippen molar-refractivity contribution < 1.29 is 22.3 Å². The van der Waals surface area contributed by atoms with E-state index in [0.29, 0.717) is 32.1 Å². The second kappa shape index (κ2) is 5.46. The zero-order chi connectivity index (χ0) is 14.0. The van der Waals surface area contributed by atoms with Gasteiger partial charge in [-0.05, 0) is 36.5 Å². The Morgan fingerprint density at radius 3 is 2.42 bits per heavy atom. The molecule has 0 spiro atoms. The van der Waals surface area contributed by atoms with Crippen molar-refractivity contribution in [3.8, 4) is 0 Å². The Balaban J connectivity index is 2.32. The molecule has 106 valence electrons. The van der Waals surface area contributed by atoms with Crippen LogP contribution in [0.4, 0.5) is 17.6 Å². The zero-order valence-electron chi connectivity index (χ0n) is 10.2. The minimum Gasteiger partial charge on any atom is -0.381 e. The molecule has 0 bridgehead atoms. The summed E-state index contributed by atoms with van der Waals surface area (Å²) in [4.78, 5) is 0. The van der Waals surface area contributed by atoms with Gasteiger partial charge in [-0.3, -0.25) is 0 Å². The third-order valence-electron chi connectivity index (χ3n) is 3.45. The van der Waals surface area contributed by atoms with Crippen molar-refractivity contribution >= 4 is 0 Å². The molecule has 1 aliphatic heterocycles. The van der Waals surface area contributed by atoms with Crippen LogP contribution in [0.15, 0.2) is 18.2 Å². The zero-order valence-corrected chi connectivity index (χ0v) is 10.2. The molecule has 1 atom stereocenters. The fraction of sp³-hybridized carbons (Fsp3) is 0.538.